The van der Waals surface area contributed by atoms with Crippen molar-refractivity contribution in [2.75, 3.05) is 6.54 Å². The van der Waals surface area contributed by atoms with Gasteiger partial charge in [0.25, 0.3) is 0 Å². The lowest BCUT2D eigenvalue weighted by molar-refractivity contribution is -0.117. The highest BCUT2D eigenvalue weighted by Gasteiger charge is 2.22. The van der Waals surface area contributed by atoms with Gasteiger partial charge in [0.2, 0.25) is 5.91 Å². The number of carbonyl (C=O) groups is 1. The number of nitrogens with one attached hydrogen (secondary N) is 1. The van der Waals surface area contributed by atoms with Gasteiger partial charge in [-0.2, -0.15) is 0 Å². The van der Waals surface area contributed by atoms with E-state index in [4.69, 9.17) is 0 Å². The number of hydrogen-bond acceptors (Lipinski definition) is 2. The molecular formula is C18H24N2O2. The fourth-order valence-corrected chi connectivity index (χ4v) is 2.48. The molecule has 2 rings (SSSR count). The molecular weight excluding hydrogens is 276 g/mol. The van der Waals surface area contributed by atoms with Gasteiger partial charge in [-0.3, -0.25) is 4.79 Å². The zero-order chi connectivity index (χ0) is 16.2. The summed E-state index contributed by atoms with van der Waals surface area (Å²) in [7, 11) is 1.99. The molecule has 1 heterocycles. The minimum atomic E-state index is -0.817. The van der Waals surface area contributed by atoms with E-state index >= 15 is 0 Å². The molecule has 0 aliphatic carbocycles. The van der Waals surface area contributed by atoms with E-state index in [0.717, 1.165) is 16.5 Å². The van der Waals surface area contributed by atoms with Crippen LogP contribution in [-0.2, 0) is 11.8 Å². The van der Waals surface area contributed by atoms with E-state index in [1.54, 1.807) is 0 Å². The smallest absolute Gasteiger partial charge is 0.244 e. The van der Waals surface area contributed by atoms with Gasteiger partial charge < -0.3 is 15.0 Å². The second kappa shape index (κ2) is 6.79. The van der Waals surface area contributed by atoms with Crippen molar-refractivity contribution in [2.45, 2.75) is 32.3 Å². The third-order valence-corrected chi connectivity index (χ3v) is 4.25. The number of aliphatic hydroxyl groups is 1. The van der Waals surface area contributed by atoms with Crippen LogP contribution in [0.5, 0.6) is 0 Å². The first-order valence-corrected chi connectivity index (χ1v) is 7.71. The molecule has 0 atom stereocenters. The Kier molecular flexibility index (Phi) is 5.03. The van der Waals surface area contributed by atoms with Crippen molar-refractivity contribution in [3.8, 4) is 0 Å². The lowest BCUT2D eigenvalue weighted by Crippen LogP contribution is -2.41. The zero-order valence-electron chi connectivity index (χ0n) is 13.5. The Hall–Kier alpha value is -2.07. The summed E-state index contributed by atoms with van der Waals surface area (Å²) in [5, 5.41) is 14.1. The number of para-hydroxylation sites is 1. The molecule has 0 radical (unpaired) electrons. The minimum Gasteiger partial charge on any atom is -0.388 e. The fraction of sp³-hybridized carbons (Fsp3) is 0.389. The maximum Gasteiger partial charge on any atom is 0.244 e. The number of hydrogen-bond donors (Lipinski definition) is 2. The highest BCUT2D eigenvalue weighted by atomic mass is 16.3. The van der Waals surface area contributed by atoms with E-state index in [2.05, 4.69) is 11.4 Å². The van der Waals surface area contributed by atoms with Crippen LogP contribution in [0.25, 0.3) is 17.0 Å². The first-order chi connectivity index (χ1) is 10.5. The number of amides is 1. The zero-order valence-corrected chi connectivity index (χ0v) is 13.5. The van der Waals surface area contributed by atoms with Crippen molar-refractivity contribution in [1.29, 1.82) is 0 Å². The van der Waals surface area contributed by atoms with Gasteiger partial charge in [0.15, 0.2) is 0 Å². The van der Waals surface area contributed by atoms with E-state index in [1.165, 1.54) is 6.08 Å². The summed E-state index contributed by atoms with van der Waals surface area (Å²) < 4.78 is 2.04. The summed E-state index contributed by atoms with van der Waals surface area (Å²) in [6.07, 6.45) is 6.58. The van der Waals surface area contributed by atoms with Crippen LogP contribution in [0, 0.1) is 0 Å². The Morgan fingerprint density at radius 1 is 1.32 bits per heavy atom. The van der Waals surface area contributed by atoms with Gasteiger partial charge in [0.05, 0.1) is 5.60 Å². The molecule has 0 aliphatic rings. The number of rotatable bonds is 6. The SMILES string of the molecule is CCC(O)(CC)CNC(=O)C=Cc1cn(C)c2ccccc12. The largest absolute Gasteiger partial charge is 0.388 e. The molecule has 0 unspecified atom stereocenters. The molecule has 1 amide bonds. The van der Waals surface area contributed by atoms with Crippen LogP contribution in [0.3, 0.4) is 0 Å². The topological polar surface area (TPSA) is 54.3 Å². The number of benzene rings is 1. The summed E-state index contributed by atoms with van der Waals surface area (Å²) in [6, 6.07) is 8.08. The molecule has 1 aromatic carbocycles. The van der Waals surface area contributed by atoms with Gasteiger partial charge in [-0.1, -0.05) is 32.0 Å². The number of aromatic nitrogens is 1. The van der Waals surface area contributed by atoms with E-state index in [9.17, 15) is 9.90 Å². The van der Waals surface area contributed by atoms with Gasteiger partial charge in [-0.15, -0.1) is 0 Å². The van der Waals surface area contributed by atoms with Crippen LogP contribution in [0.1, 0.15) is 32.3 Å². The Balaban J connectivity index is 2.06. The number of aryl methyl sites for hydroxylation is 1. The summed E-state index contributed by atoms with van der Waals surface area (Å²) in [4.78, 5) is 11.9. The molecule has 4 nitrogen and oxygen atoms in total. The van der Waals surface area contributed by atoms with Gasteiger partial charge >= 0.3 is 0 Å². The van der Waals surface area contributed by atoms with Gasteiger partial charge in [-0.25, -0.2) is 0 Å². The Morgan fingerprint density at radius 3 is 2.68 bits per heavy atom. The minimum absolute atomic E-state index is 0.187. The molecule has 0 saturated carbocycles. The summed E-state index contributed by atoms with van der Waals surface area (Å²) in [5.74, 6) is -0.187. The van der Waals surface area contributed by atoms with Crippen molar-refractivity contribution in [1.82, 2.24) is 9.88 Å². The molecule has 0 aliphatic heterocycles. The van der Waals surface area contributed by atoms with Crippen LogP contribution in [0.2, 0.25) is 0 Å². The van der Waals surface area contributed by atoms with Crippen molar-refractivity contribution in [3.63, 3.8) is 0 Å². The van der Waals surface area contributed by atoms with E-state index in [-0.39, 0.29) is 12.5 Å². The first kappa shape index (κ1) is 16.3. The third kappa shape index (κ3) is 3.57. The Labute approximate surface area is 131 Å². The second-order valence-electron chi connectivity index (χ2n) is 5.70. The fourth-order valence-electron chi connectivity index (χ4n) is 2.48. The predicted molar refractivity (Wildman–Crippen MR) is 90.5 cm³/mol. The van der Waals surface area contributed by atoms with Crippen LogP contribution < -0.4 is 5.32 Å². The van der Waals surface area contributed by atoms with Crippen LogP contribution in [-0.4, -0.2) is 27.7 Å². The number of nitrogens with zero attached hydrogens (tertiary/aromatic N) is 1. The Bertz CT molecular complexity index is 681. The van der Waals surface area contributed by atoms with Crippen molar-refractivity contribution in [3.05, 3.63) is 42.1 Å². The van der Waals surface area contributed by atoms with E-state index < -0.39 is 5.60 Å². The van der Waals surface area contributed by atoms with Crippen molar-refractivity contribution >= 4 is 22.9 Å². The quantitative estimate of drug-likeness (QED) is 0.806. The highest BCUT2D eigenvalue weighted by molar-refractivity contribution is 5.96. The van der Waals surface area contributed by atoms with E-state index in [1.807, 2.05) is 55.9 Å². The van der Waals surface area contributed by atoms with Gasteiger partial charge in [-0.05, 0) is 25.0 Å². The van der Waals surface area contributed by atoms with Crippen LogP contribution in [0.4, 0.5) is 0 Å². The maximum atomic E-state index is 11.9. The van der Waals surface area contributed by atoms with Crippen LogP contribution >= 0.6 is 0 Å². The second-order valence-corrected chi connectivity index (χ2v) is 5.70. The monoisotopic (exact) mass is 300 g/mol. The van der Waals surface area contributed by atoms with Gasteiger partial charge in [0.1, 0.15) is 0 Å². The first-order valence-electron chi connectivity index (χ1n) is 7.71. The molecule has 118 valence electrons. The molecule has 22 heavy (non-hydrogen) atoms. The normalized spacial score (nSPS) is 12.2. The number of carbonyl (C=O) groups excluding carboxylic acids is 1. The summed E-state index contributed by atoms with van der Waals surface area (Å²) in [6.45, 7) is 4.11. The molecule has 2 aromatic rings. The standard InChI is InChI=1S/C18H24N2O2/c1-4-18(22,5-2)13-19-17(21)11-10-14-12-20(3)16-9-7-6-8-15(14)16/h6-12,22H,4-5,13H2,1-3H3,(H,19,21). The van der Waals surface area contributed by atoms with Crippen LogP contribution in [0.15, 0.2) is 36.5 Å². The summed E-state index contributed by atoms with van der Waals surface area (Å²) >= 11 is 0. The maximum absolute atomic E-state index is 11.9. The molecule has 0 fully saturated rings. The lowest BCUT2D eigenvalue weighted by atomic mass is 9.98. The lowest BCUT2D eigenvalue weighted by Gasteiger charge is -2.24. The highest BCUT2D eigenvalue weighted by Crippen LogP contribution is 2.21. The molecule has 2 N–H and O–H groups in total. The van der Waals surface area contributed by atoms with Crippen molar-refractivity contribution in [2.24, 2.45) is 7.05 Å². The third-order valence-electron chi connectivity index (χ3n) is 4.25. The average molecular weight is 300 g/mol. The van der Waals surface area contributed by atoms with Crippen molar-refractivity contribution < 1.29 is 9.90 Å². The van der Waals surface area contributed by atoms with E-state index in [0.29, 0.717) is 12.8 Å². The predicted octanol–water partition coefficient (Wildman–Crippen LogP) is 2.86. The molecule has 1 aromatic heterocycles. The van der Waals surface area contributed by atoms with Gasteiger partial charge in [0, 0.05) is 42.3 Å². The molecule has 0 bridgehead atoms. The Morgan fingerprint density at radius 2 is 2.00 bits per heavy atom. The molecule has 0 spiro atoms. The summed E-state index contributed by atoms with van der Waals surface area (Å²) in [5.41, 5.74) is 1.33. The number of fused-ring (bicyclic) bond motifs is 1. The molecule has 4 heteroatoms. The average Bonchev–Trinajstić information content (AvgIpc) is 2.87. The molecule has 0 saturated heterocycles.